The van der Waals surface area contributed by atoms with E-state index in [-0.39, 0.29) is 12.2 Å². The van der Waals surface area contributed by atoms with Gasteiger partial charge in [-0.1, -0.05) is 25.5 Å². The summed E-state index contributed by atoms with van der Waals surface area (Å²) < 4.78 is 0. The van der Waals surface area contributed by atoms with E-state index in [9.17, 15) is 10.2 Å². The van der Waals surface area contributed by atoms with Crippen molar-refractivity contribution in [1.29, 1.82) is 0 Å². The van der Waals surface area contributed by atoms with E-state index in [1.165, 1.54) is 51.4 Å². The zero-order valence-electron chi connectivity index (χ0n) is 16.5. The van der Waals surface area contributed by atoms with Crippen LogP contribution in [-0.2, 0) is 0 Å². The van der Waals surface area contributed by atoms with Crippen LogP contribution in [0.3, 0.4) is 0 Å². The molecule has 2 nitrogen and oxygen atoms in total. The van der Waals surface area contributed by atoms with Crippen LogP contribution in [0.1, 0.15) is 78.6 Å². The molecule has 4 aliphatic rings. The van der Waals surface area contributed by atoms with E-state index in [1.807, 2.05) is 6.92 Å². The maximum Gasteiger partial charge on any atom is 0.0566 e. The minimum absolute atomic E-state index is 0.0955. The molecular formula is C23H38O2. The van der Waals surface area contributed by atoms with Crippen LogP contribution in [0.25, 0.3) is 0 Å². The highest BCUT2D eigenvalue weighted by atomic mass is 16.3. The number of aliphatic hydroxyl groups is 2. The molecule has 4 rings (SSSR count). The van der Waals surface area contributed by atoms with Crippen LogP contribution in [0, 0.1) is 40.9 Å². The lowest BCUT2D eigenvalue weighted by atomic mass is 9.51. The van der Waals surface area contributed by atoms with E-state index in [4.69, 9.17) is 0 Å². The van der Waals surface area contributed by atoms with E-state index in [2.05, 4.69) is 19.9 Å². The van der Waals surface area contributed by atoms with Gasteiger partial charge in [-0.15, -0.1) is 0 Å². The van der Waals surface area contributed by atoms with Gasteiger partial charge in [0.15, 0.2) is 0 Å². The van der Waals surface area contributed by atoms with Crippen LogP contribution in [-0.4, -0.2) is 22.4 Å². The maximum atomic E-state index is 10.4. The summed E-state index contributed by atoms with van der Waals surface area (Å²) in [5.74, 6) is 4.25. The number of aliphatic hydroxyl groups excluding tert-OH is 2. The van der Waals surface area contributed by atoms with Gasteiger partial charge in [-0.2, -0.15) is 0 Å². The minimum Gasteiger partial charge on any atom is -0.393 e. The third kappa shape index (κ3) is 2.83. The number of rotatable bonds is 3. The summed E-state index contributed by atoms with van der Waals surface area (Å²) in [6.45, 7) is 6.63. The summed E-state index contributed by atoms with van der Waals surface area (Å²) in [6, 6.07) is 0. The Morgan fingerprint density at radius 2 is 1.96 bits per heavy atom. The first-order valence-electron chi connectivity index (χ1n) is 11.0. The van der Waals surface area contributed by atoms with Crippen LogP contribution in [0.4, 0.5) is 0 Å². The fourth-order valence-corrected chi connectivity index (χ4v) is 7.79. The van der Waals surface area contributed by atoms with Gasteiger partial charge in [-0.25, -0.2) is 0 Å². The first-order chi connectivity index (χ1) is 12.0. The van der Waals surface area contributed by atoms with E-state index in [1.54, 1.807) is 5.57 Å². The fourth-order valence-electron chi connectivity index (χ4n) is 7.79. The van der Waals surface area contributed by atoms with Gasteiger partial charge >= 0.3 is 0 Å². The predicted molar refractivity (Wildman–Crippen MR) is 102 cm³/mol. The van der Waals surface area contributed by atoms with Gasteiger partial charge in [0.25, 0.3) is 0 Å². The van der Waals surface area contributed by atoms with Crippen LogP contribution < -0.4 is 0 Å². The highest BCUT2D eigenvalue weighted by molar-refractivity contribution is 5.20. The Kier molecular flexibility index (Phi) is 4.82. The Hall–Kier alpha value is -0.340. The molecule has 0 saturated heterocycles. The Bertz CT molecular complexity index is 524. The van der Waals surface area contributed by atoms with Crippen LogP contribution in [0.5, 0.6) is 0 Å². The Labute approximate surface area is 154 Å². The molecule has 9 atom stereocenters. The molecule has 3 unspecified atom stereocenters. The minimum atomic E-state index is -0.153. The van der Waals surface area contributed by atoms with Crippen molar-refractivity contribution < 1.29 is 10.2 Å². The number of fused-ring (bicyclic) bond motifs is 5. The molecule has 25 heavy (non-hydrogen) atoms. The molecule has 3 fully saturated rings. The first-order valence-corrected chi connectivity index (χ1v) is 11.0. The Balaban J connectivity index is 1.56. The van der Waals surface area contributed by atoms with Crippen LogP contribution in [0.2, 0.25) is 0 Å². The van der Waals surface area contributed by atoms with Crippen molar-refractivity contribution in [2.45, 2.75) is 90.8 Å². The monoisotopic (exact) mass is 346 g/mol. The Morgan fingerprint density at radius 3 is 2.68 bits per heavy atom. The van der Waals surface area contributed by atoms with Gasteiger partial charge in [0, 0.05) is 0 Å². The molecular weight excluding hydrogens is 308 g/mol. The first kappa shape index (κ1) is 18.0. The van der Waals surface area contributed by atoms with Gasteiger partial charge in [-0.3, -0.25) is 0 Å². The van der Waals surface area contributed by atoms with E-state index in [0.29, 0.717) is 17.3 Å². The molecule has 2 N–H and O–H groups in total. The van der Waals surface area contributed by atoms with Crippen molar-refractivity contribution in [2.24, 2.45) is 40.9 Å². The Morgan fingerprint density at radius 1 is 1.16 bits per heavy atom. The topological polar surface area (TPSA) is 40.5 Å². The zero-order chi connectivity index (χ0) is 17.8. The second-order valence-corrected chi connectivity index (χ2v) is 10.0. The van der Waals surface area contributed by atoms with Crippen molar-refractivity contribution in [2.75, 3.05) is 0 Å². The third-order valence-electron chi connectivity index (χ3n) is 9.12. The van der Waals surface area contributed by atoms with E-state index in [0.717, 1.165) is 30.1 Å². The standard InChI is InChI=1S/C23H38O2/c1-4-22(25)16-6-5-15-7-8-18-17(19(15)13-16)11-12-23(3)20(14(2)24)9-10-21(18)23/h7,14,16-22,24-25H,4-6,8-13H2,1-3H3/t14?,16?,17-,18+,19-,20+,21-,22?,23+/m0/s1. The molecule has 2 heteroatoms. The summed E-state index contributed by atoms with van der Waals surface area (Å²) >= 11 is 0. The van der Waals surface area contributed by atoms with Gasteiger partial charge in [-0.05, 0) is 106 Å². The van der Waals surface area contributed by atoms with Gasteiger partial charge in [0.05, 0.1) is 12.2 Å². The largest absolute Gasteiger partial charge is 0.393 e. The second kappa shape index (κ2) is 6.68. The molecule has 0 aromatic carbocycles. The zero-order valence-corrected chi connectivity index (χ0v) is 16.5. The van der Waals surface area contributed by atoms with Gasteiger partial charge in [0.1, 0.15) is 0 Å². The third-order valence-corrected chi connectivity index (χ3v) is 9.12. The van der Waals surface area contributed by atoms with Crippen molar-refractivity contribution in [1.82, 2.24) is 0 Å². The van der Waals surface area contributed by atoms with Gasteiger partial charge in [0.2, 0.25) is 0 Å². The molecule has 0 spiro atoms. The lowest BCUT2D eigenvalue weighted by Gasteiger charge is -2.54. The summed E-state index contributed by atoms with van der Waals surface area (Å²) in [5, 5.41) is 20.7. The van der Waals surface area contributed by atoms with Crippen molar-refractivity contribution in [3.05, 3.63) is 11.6 Å². The fraction of sp³-hybridized carbons (Fsp3) is 0.913. The summed E-state index contributed by atoms with van der Waals surface area (Å²) in [6.07, 6.45) is 13.4. The molecule has 0 aliphatic heterocycles. The molecule has 0 aromatic rings. The molecule has 0 amide bonds. The summed E-state index contributed by atoms with van der Waals surface area (Å²) in [5.41, 5.74) is 2.09. The molecule has 0 aromatic heterocycles. The summed E-state index contributed by atoms with van der Waals surface area (Å²) in [7, 11) is 0. The second-order valence-electron chi connectivity index (χ2n) is 10.0. The normalized spacial score (nSPS) is 48.8. The van der Waals surface area contributed by atoms with Crippen molar-refractivity contribution in [3.63, 3.8) is 0 Å². The molecule has 142 valence electrons. The number of hydrogen-bond donors (Lipinski definition) is 2. The quantitative estimate of drug-likeness (QED) is 0.710. The highest BCUT2D eigenvalue weighted by Crippen LogP contribution is 2.64. The lowest BCUT2D eigenvalue weighted by Crippen LogP contribution is -2.47. The van der Waals surface area contributed by atoms with Crippen LogP contribution >= 0.6 is 0 Å². The SMILES string of the molecule is CCC(O)C1CCC2=CC[C@@H]3[C@H](CC[C@]4(C)[C@@H](C(C)O)CC[C@@H]34)[C@H]2C1. The molecule has 4 aliphatic carbocycles. The molecule has 0 bridgehead atoms. The van der Waals surface area contributed by atoms with E-state index >= 15 is 0 Å². The van der Waals surface area contributed by atoms with Crippen molar-refractivity contribution in [3.8, 4) is 0 Å². The summed E-state index contributed by atoms with van der Waals surface area (Å²) in [4.78, 5) is 0. The average molecular weight is 347 g/mol. The lowest BCUT2D eigenvalue weighted by molar-refractivity contribution is -0.0484. The molecule has 0 heterocycles. The number of allylic oxidation sites excluding steroid dienone is 2. The number of hydrogen-bond acceptors (Lipinski definition) is 2. The maximum absolute atomic E-state index is 10.4. The van der Waals surface area contributed by atoms with Crippen molar-refractivity contribution >= 4 is 0 Å². The van der Waals surface area contributed by atoms with Gasteiger partial charge < -0.3 is 10.2 Å². The van der Waals surface area contributed by atoms with Crippen LogP contribution in [0.15, 0.2) is 11.6 Å². The molecule has 0 radical (unpaired) electrons. The molecule has 3 saturated carbocycles. The highest BCUT2D eigenvalue weighted by Gasteiger charge is 2.56. The smallest absolute Gasteiger partial charge is 0.0566 e. The van der Waals surface area contributed by atoms with E-state index < -0.39 is 0 Å². The predicted octanol–water partition coefficient (Wildman–Crippen LogP) is 4.94. The average Bonchev–Trinajstić information content (AvgIpc) is 2.97.